The summed E-state index contributed by atoms with van der Waals surface area (Å²) in [6, 6.07) is 15.9. The summed E-state index contributed by atoms with van der Waals surface area (Å²) >= 11 is 0. The quantitative estimate of drug-likeness (QED) is 0.383. The molecule has 0 aliphatic carbocycles. The molecule has 41 heavy (non-hydrogen) atoms. The molecule has 3 atom stereocenters. The van der Waals surface area contributed by atoms with E-state index in [9.17, 15) is 31.1 Å². The van der Waals surface area contributed by atoms with Crippen LogP contribution >= 0.6 is 0 Å². The van der Waals surface area contributed by atoms with Crippen molar-refractivity contribution in [2.45, 2.75) is 35.8 Å². The third kappa shape index (κ3) is 6.70. The van der Waals surface area contributed by atoms with Gasteiger partial charge >= 0.3 is 0 Å². The average molecular weight is 606 g/mol. The minimum Gasteiger partial charge on any atom is -0.488 e. The Balaban J connectivity index is 1.68. The molecule has 0 unspecified atom stereocenters. The molecule has 4 rings (SSSR count). The SMILES string of the molecule is C[C@H](CO)N1C[C@H](C)[C@@H](CN(C)S(=O)(=O)c2ccc(F)cc2)Oc2ccc(NS(=O)(=O)c3ccccc3)cc2C1=O. The third-order valence-electron chi connectivity index (χ3n) is 6.93. The number of halogens is 1. The first kappa shape index (κ1) is 30.4. The standard InChI is InChI=1S/C28H32FN3O7S2/c1-19-16-32(20(2)18-33)28(34)25-15-22(30-40(35,36)23-7-5-4-6-8-23)11-14-26(25)39-27(19)17-31(3)41(37,38)24-12-9-21(29)10-13-24/h4-15,19-20,27,30,33H,16-18H2,1-3H3/t19-,20+,27+/m0/s1. The van der Waals surface area contributed by atoms with Gasteiger partial charge < -0.3 is 14.7 Å². The Hall–Kier alpha value is -3.52. The van der Waals surface area contributed by atoms with Crippen molar-refractivity contribution in [3.05, 3.63) is 84.2 Å². The summed E-state index contributed by atoms with van der Waals surface area (Å²) in [5.41, 5.74) is 0.182. The van der Waals surface area contributed by atoms with E-state index >= 15 is 0 Å². The van der Waals surface area contributed by atoms with Gasteiger partial charge in [0.25, 0.3) is 15.9 Å². The number of aliphatic hydroxyl groups excluding tert-OH is 1. The number of hydrogen-bond donors (Lipinski definition) is 2. The molecule has 1 aliphatic rings. The van der Waals surface area contributed by atoms with E-state index < -0.39 is 43.9 Å². The number of sulfonamides is 2. The van der Waals surface area contributed by atoms with Gasteiger partial charge in [0.2, 0.25) is 10.0 Å². The maximum Gasteiger partial charge on any atom is 0.261 e. The van der Waals surface area contributed by atoms with E-state index in [0.717, 1.165) is 16.4 Å². The lowest BCUT2D eigenvalue weighted by atomic mass is 9.99. The molecule has 0 saturated carbocycles. The van der Waals surface area contributed by atoms with E-state index in [1.807, 2.05) is 0 Å². The molecule has 13 heteroatoms. The largest absolute Gasteiger partial charge is 0.488 e. The van der Waals surface area contributed by atoms with E-state index in [-0.39, 0.29) is 52.4 Å². The van der Waals surface area contributed by atoms with E-state index in [1.165, 1.54) is 54.4 Å². The van der Waals surface area contributed by atoms with Gasteiger partial charge in [0.15, 0.2) is 0 Å². The fraction of sp³-hybridized carbons (Fsp3) is 0.321. The van der Waals surface area contributed by atoms with Crippen molar-refractivity contribution in [2.24, 2.45) is 5.92 Å². The van der Waals surface area contributed by atoms with E-state index in [1.54, 1.807) is 32.0 Å². The summed E-state index contributed by atoms with van der Waals surface area (Å²) in [6.07, 6.45) is -0.734. The fourth-order valence-corrected chi connectivity index (χ4v) is 6.71. The van der Waals surface area contributed by atoms with Crippen LogP contribution in [0.2, 0.25) is 0 Å². The predicted molar refractivity (Wildman–Crippen MR) is 151 cm³/mol. The van der Waals surface area contributed by atoms with Crippen molar-refractivity contribution in [1.29, 1.82) is 0 Å². The van der Waals surface area contributed by atoms with Crippen LogP contribution in [0.5, 0.6) is 5.75 Å². The highest BCUT2D eigenvalue weighted by Crippen LogP contribution is 2.32. The van der Waals surface area contributed by atoms with Gasteiger partial charge in [0, 0.05) is 25.2 Å². The summed E-state index contributed by atoms with van der Waals surface area (Å²) in [5, 5.41) is 9.87. The maximum absolute atomic E-state index is 13.6. The number of hydrogen-bond acceptors (Lipinski definition) is 7. The van der Waals surface area contributed by atoms with Crippen LogP contribution in [0.25, 0.3) is 0 Å². The van der Waals surface area contributed by atoms with Crippen molar-refractivity contribution in [3.63, 3.8) is 0 Å². The normalized spacial score (nSPS) is 18.7. The molecule has 10 nitrogen and oxygen atoms in total. The Morgan fingerprint density at radius 3 is 2.34 bits per heavy atom. The van der Waals surface area contributed by atoms with Crippen LogP contribution in [0.4, 0.5) is 10.1 Å². The molecule has 0 spiro atoms. The number of carbonyl (C=O) groups is 1. The van der Waals surface area contributed by atoms with E-state index in [2.05, 4.69) is 4.72 Å². The van der Waals surface area contributed by atoms with Crippen LogP contribution in [0.1, 0.15) is 24.2 Å². The molecular weight excluding hydrogens is 573 g/mol. The lowest BCUT2D eigenvalue weighted by molar-refractivity contribution is 0.0387. The number of likely N-dealkylation sites (N-methyl/N-ethyl adjacent to an activating group) is 1. The summed E-state index contributed by atoms with van der Waals surface area (Å²) in [6.45, 7) is 3.20. The third-order valence-corrected chi connectivity index (χ3v) is 10.2. The molecule has 3 aromatic carbocycles. The number of rotatable bonds is 9. The Bertz CT molecular complexity index is 1600. The second-order valence-corrected chi connectivity index (χ2v) is 13.7. The predicted octanol–water partition coefficient (Wildman–Crippen LogP) is 3.17. The molecule has 3 aromatic rings. The minimum absolute atomic E-state index is 0.0455. The van der Waals surface area contributed by atoms with E-state index in [4.69, 9.17) is 4.74 Å². The Morgan fingerprint density at radius 2 is 1.71 bits per heavy atom. The number of nitrogens with one attached hydrogen (secondary N) is 1. The molecule has 220 valence electrons. The average Bonchev–Trinajstić information content (AvgIpc) is 2.95. The van der Waals surface area contributed by atoms with Crippen molar-refractivity contribution >= 4 is 31.6 Å². The van der Waals surface area contributed by atoms with Crippen molar-refractivity contribution in [3.8, 4) is 5.75 Å². The van der Waals surface area contributed by atoms with Gasteiger partial charge in [-0.2, -0.15) is 4.31 Å². The van der Waals surface area contributed by atoms with Gasteiger partial charge in [0.05, 0.1) is 34.5 Å². The summed E-state index contributed by atoms with van der Waals surface area (Å²) in [5.74, 6) is -1.27. The first-order chi connectivity index (χ1) is 19.3. The zero-order valence-corrected chi connectivity index (χ0v) is 24.4. The van der Waals surface area contributed by atoms with Crippen LogP contribution in [0.3, 0.4) is 0 Å². The first-order valence-electron chi connectivity index (χ1n) is 12.9. The maximum atomic E-state index is 13.6. The molecule has 0 aromatic heterocycles. The molecule has 1 aliphatic heterocycles. The minimum atomic E-state index is -3.99. The fourth-order valence-electron chi connectivity index (χ4n) is 4.46. The molecule has 2 N–H and O–H groups in total. The molecule has 1 heterocycles. The van der Waals surface area contributed by atoms with Gasteiger partial charge in [-0.3, -0.25) is 9.52 Å². The Labute approximate surface area is 239 Å². The monoisotopic (exact) mass is 605 g/mol. The summed E-state index contributed by atoms with van der Waals surface area (Å²) in [7, 11) is -6.54. The second kappa shape index (κ2) is 12.1. The number of anilines is 1. The number of fused-ring (bicyclic) bond motifs is 1. The highest BCUT2D eigenvalue weighted by molar-refractivity contribution is 7.92. The highest BCUT2D eigenvalue weighted by atomic mass is 32.2. The summed E-state index contributed by atoms with van der Waals surface area (Å²) < 4.78 is 75.3. The van der Waals surface area contributed by atoms with Gasteiger partial charge in [0.1, 0.15) is 17.7 Å². The lowest BCUT2D eigenvalue weighted by Gasteiger charge is -2.38. The zero-order valence-electron chi connectivity index (χ0n) is 22.8. The van der Waals surface area contributed by atoms with Gasteiger partial charge in [-0.25, -0.2) is 21.2 Å². The molecule has 0 radical (unpaired) electrons. The molecule has 0 saturated heterocycles. The number of benzene rings is 3. The zero-order chi connectivity index (χ0) is 29.9. The number of carbonyl (C=O) groups excluding carboxylic acids is 1. The van der Waals surface area contributed by atoms with Gasteiger partial charge in [-0.15, -0.1) is 0 Å². The molecule has 1 amide bonds. The molecular formula is C28H32FN3O7S2. The second-order valence-electron chi connectivity index (χ2n) is 9.99. The van der Waals surface area contributed by atoms with Crippen molar-refractivity contribution in [2.75, 3.05) is 31.5 Å². The Morgan fingerprint density at radius 1 is 1.05 bits per heavy atom. The van der Waals surface area contributed by atoms with Gasteiger partial charge in [-0.05, 0) is 61.5 Å². The van der Waals surface area contributed by atoms with Crippen molar-refractivity contribution in [1.82, 2.24) is 9.21 Å². The van der Waals surface area contributed by atoms with Crippen LogP contribution in [0, 0.1) is 11.7 Å². The number of nitrogens with zero attached hydrogens (tertiary/aromatic N) is 2. The van der Waals surface area contributed by atoms with E-state index in [0.29, 0.717) is 0 Å². The molecule has 0 bridgehead atoms. The first-order valence-corrected chi connectivity index (χ1v) is 15.8. The highest BCUT2D eigenvalue weighted by Gasteiger charge is 2.35. The van der Waals surface area contributed by atoms with Crippen LogP contribution in [-0.2, 0) is 20.0 Å². The van der Waals surface area contributed by atoms with Crippen LogP contribution < -0.4 is 9.46 Å². The topological polar surface area (TPSA) is 133 Å². The lowest BCUT2D eigenvalue weighted by Crippen LogP contribution is -2.50. The van der Waals surface area contributed by atoms with Crippen molar-refractivity contribution < 1.29 is 35.9 Å². The molecule has 0 fully saturated rings. The van der Waals surface area contributed by atoms with Crippen LogP contribution in [-0.4, -0.2) is 75.9 Å². The smallest absolute Gasteiger partial charge is 0.261 e. The van der Waals surface area contributed by atoms with Gasteiger partial charge in [-0.1, -0.05) is 25.1 Å². The number of ether oxygens (including phenoxy) is 1. The number of amides is 1. The summed E-state index contributed by atoms with van der Waals surface area (Å²) in [4.78, 5) is 15.1. The number of aliphatic hydroxyl groups is 1. The van der Waals surface area contributed by atoms with Crippen LogP contribution in [0.15, 0.2) is 82.6 Å². The Kier molecular flexibility index (Phi) is 9.02.